The highest BCUT2D eigenvalue weighted by Crippen LogP contribution is 2.49. The Kier molecular flexibility index (Phi) is 8.04. The van der Waals surface area contributed by atoms with E-state index >= 15 is 0 Å². The molecule has 0 aromatic rings. The van der Waals surface area contributed by atoms with Crippen molar-refractivity contribution < 1.29 is 42.3 Å². The summed E-state index contributed by atoms with van der Waals surface area (Å²) in [6.45, 7) is 4.09. The molecule has 2 rings (SSSR count). The van der Waals surface area contributed by atoms with Gasteiger partial charge in [-0.05, 0) is 39.5 Å². The number of hydrogen-bond acceptors (Lipinski definition) is 8. The largest absolute Gasteiger partial charge is 0.481 e. The lowest BCUT2D eigenvalue weighted by Crippen LogP contribution is -2.39. The fourth-order valence-electron chi connectivity index (χ4n) is 3.37. The number of fused-ring (bicyclic) bond motifs is 2. The van der Waals surface area contributed by atoms with Gasteiger partial charge in [-0.3, -0.25) is 23.2 Å². The Hall–Kier alpha value is -0.990. The van der Waals surface area contributed by atoms with E-state index in [1.807, 2.05) is 0 Å². The van der Waals surface area contributed by atoms with Crippen molar-refractivity contribution in [2.75, 3.05) is 26.4 Å². The molecule has 0 aromatic heterocycles. The van der Waals surface area contributed by atoms with E-state index in [0.29, 0.717) is 25.7 Å². The van der Waals surface area contributed by atoms with Gasteiger partial charge in [0.25, 0.3) is 0 Å². The molecule has 9 nitrogen and oxygen atoms in total. The summed E-state index contributed by atoms with van der Waals surface area (Å²) in [5, 5.41) is 9.31. The number of carbonyl (C=O) groups excluding carboxylic acids is 1. The second-order valence-corrected chi connectivity index (χ2v) is 7.84. The van der Waals surface area contributed by atoms with Gasteiger partial charge < -0.3 is 14.6 Å². The number of carboxylic acids is 1. The fourth-order valence-corrected chi connectivity index (χ4v) is 4.58. The van der Waals surface area contributed by atoms with Crippen LogP contribution in [-0.4, -0.2) is 55.7 Å². The highest BCUT2D eigenvalue weighted by atomic mass is 31.2. The van der Waals surface area contributed by atoms with Crippen LogP contribution in [0.2, 0.25) is 0 Å². The van der Waals surface area contributed by atoms with Gasteiger partial charge in [-0.15, -0.1) is 0 Å². The molecule has 0 spiro atoms. The van der Waals surface area contributed by atoms with Crippen LogP contribution < -0.4 is 0 Å². The van der Waals surface area contributed by atoms with Crippen molar-refractivity contribution in [3.63, 3.8) is 0 Å². The Morgan fingerprint density at radius 1 is 1.00 bits per heavy atom. The van der Waals surface area contributed by atoms with E-state index in [2.05, 4.69) is 0 Å². The summed E-state index contributed by atoms with van der Waals surface area (Å²) in [4.78, 5) is 23.6. The zero-order chi connectivity index (χ0) is 19.2. The molecule has 4 atom stereocenters. The summed E-state index contributed by atoms with van der Waals surface area (Å²) in [6, 6.07) is 0. The SMILES string of the molecule is CCOP(=O)(OCC)OCCCCOC(=O)C1C2CCC(O2)C1C(=O)O. The van der Waals surface area contributed by atoms with Crippen LogP contribution in [-0.2, 0) is 37.2 Å². The van der Waals surface area contributed by atoms with Crippen molar-refractivity contribution in [3.05, 3.63) is 0 Å². The van der Waals surface area contributed by atoms with E-state index in [9.17, 15) is 19.3 Å². The number of aliphatic carboxylic acids is 1. The van der Waals surface area contributed by atoms with Gasteiger partial charge in [0.05, 0.1) is 50.5 Å². The standard InChI is InChI=1S/C16H27O9P/c1-3-22-26(20,23-4-2)24-10-6-5-9-21-16(19)14-12-8-7-11(25-12)13(14)15(17)18/h11-14H,3-10H2,1-2H3,(H,17,18). The number of carboxylic acid groups (broad SMARTS) is 1. The van der Waals surface area contributed by atoms with Gasteiger partial charge in [-0.1, -0.05) is 0 Å². The van der Waals surface area contributed by atoms with Crippen LogP contribution >= 0.6 is 7.82 Å². The summed E-state index contributed by atoms with van der Waals surface area (Å²) in [7, 11) is -3.52. The number of phosphoric ester groups is 1. The van der Waals surface area contributed by atoms with Gasteiger partial charge in [-0.2, -0.15) is 0 Å². The van der Waals surface area contributed by atoms with E-state index in [1.165, 1.54) is 0 Å². The molecular weight excluding hydrogens is 367 g/mol. The minimum absolute atomic E-state index is 0.135. The Labute approximate surface area is 152 Å². The molecule has 150 valence electrons. The van der Waals surface area contributed by atoms with Gasteiger partial charge in [0.15, 0.2) is 0 Å². The molecule has 2 saturated heterocycles. The van der Waals surface area contributed by atoms with Gasteiger partial charge in [0.1, 0.15) is 0 Å². The maximum atomic E-state index is 12.2. The van der Waals surface area contributed by atoms with Crippen LogP contribution in [0, 0.1) is 11.8 Å². The number of unbranched alkanes of at least 4 members (excludes halogenated alkanes) is 1. The first-order valence-corrected chi connectivity index (χ1v) is 10.5. The third kappa shape index (κ3) is 5.27. The zero-order valence-electron chi connectivity index (χ0n) is 15.1. The number of esters is 1. The molecule has 4 unspecified atom stereocenters. The molecule has 2 fully saturated rings. The monoisotopic (exact) mass is 394 g/mol. The summed E-state index contributed by atoms with van der Waals surface area (Å²) in [5.41, 5.74) is 0. The first-order valence-electron chi connectivity index (χ1n) is 9.00. The minimum Gasteiger partial charge on any atom is -0.481 e. The van der Waals surface area contributed by atoms with E-state index in [1.54, 1.807) is 13.8 Å². The number of phosphoric acid groups is 1. The first-order chi connectivity index (χ1) is 12.4. The van der Waals surface area contributed by atoms with Crippen LogP contribution in [0.15, 0.2) is 0 Å². The van der Waals surface area contributed by atoms with Crippen molar-refractivity contribution >= 4 is 19.8 Å². The average Bonchev–Trinajstić information content (AvgIpc) is 3.19. The van der Waals surface area contributed by atoms with E-state index in [-0.39, 0.29) is 32.5 Å². The average molecular weight is 394 g/mol. The van der Waals surface area contributed by atoms with Crippen LogP contribution in [0.1, 0.15) is 39.5 Å². The number of hydrogen-bond donors (Lipinski definition) is 1. The van der Waals surface area contributed by atoms with Crippen molar-refractivity contribution in [1.82, 2.24) is 0 Å². The summed E-state index contributed by atoms with van der Waals surface area (Å²) >= 11 is 0. The van der Waals surface area contributed by atoms with E-state index in [0.717, 1.165) is 0 Å². The fraction of sp³-hybridized carbons (Fsp3) is 0.875. The molecule has 10 heteroatoms. The smallest absolute Gasteiger partial charge is 0.474 e. The van der Waals surface area contributed by atoms with Crippen LogP contribution in [0.4, 0.5) is 0 Å². The maximum Gasteiger partial charge on any atom is 0.474 e. The number of carbonyl (C=O) groups is 2. The van der Waals surface area contributed by atoms with Crippen molar-refractivity contribution in [1.29, 1.82) is 0 Å². The van der Waals surface area contributed by atoms with Gasteiger partial charge in [-0.25, -0.2) is 4.57 Å². The van der Waals surface area contributed by atoms with Crippen LogP contribution in [0.5, 0.6) is 0 Å². The molecule has 0 radical (unpaired) electrons. The van der Waals surface area contributed by atoms with E-state index < -0.39 is 37.7 Å². The molecule has 2 aliphatic rings. The van der Waals surface area contributed by atoms with Crippen molar-refractivity contribution in [2.24, 2.45) is 11.8 Å². The predicted molar refractivity (Wildman–Crippen MR) is 89.5 cm³/mol. The lowest BCUT2D eigenvalue weighted by Gasteiger charge is -2.23. The minimum atomic E-state index is -3.52. The first kappa shape index (κ1) is 21.3. The molecule has 2 heterocycles. The second kappa shape index (κ2) is 9.80. The zero-order valence-corrected chi connectivity index (χ0v) is 16.0. The Morgan fingerprint density at radius 2 is 1.58 bits per heavy atom. The van der Waals surface area contributed by atoms with Gasteiger partial charge >= 0.3 is 19.8 Å². The summed E-state index contributed by atoms with van der Waals surface area (Å²) < 4.78 is 38.0. The van der Waals surface area contributed by atoms with Crippen LogP contribution in [0.3, 0.4) is 0 Å². The van der Waals surface area contributed by atoms with Crippen molar-refractivity contribution in [2.45, 2.75) is 51.7 Å². The molecule has 0 saturated carbocycles. The topological polar surface area (TPSA) is 118 Å². The molecule has 0 aromatic carbocycles. The molecule has 2 bridgehead atoms. The predicted octanol–water partition coefficient (Wildman–Crippen LogP) is 2.39. The van der Waals surface area contributed by atoms with Crippen molar-refractivity contribution in [3.8, 4) is 0 Å². The maximum absolute atomic E-state index is 12.2. The molecule has 1 N–H and O–H groups in total. The van der Waals surface area contributed by atoms with Gasteiger partial charge in [0, 0.05) is 0 Å². The van der Waals surface area contributed by atoms with E-state index in [4.69, 9.17) is 23.0 Å². The molecule has 0 aliphatic carbocycles. The van der Waals surface area contributed by atoms with Gasteiger partial charge in [0.2, 0.25) is 0 Å². The highest BCUT2D eigenvalue weighted by molar-refractivity contribution is 7.48. The lowest BCUT2D eigenvalue weighted by atomic mass is 9.79. The third-order valence-electron chi connectivity index (χ3n) is 4.44. The lowest BCUT2D eigenvalue weighted by molar-refractivity contribution is -0.158. The van der Waals surface area contributed by atoms with Crippen LogP contribution in [0.25, 0.3) is 0 Å². The molecule has 26 heavy (non-hydrogen) atoms. The molecule has 2 aliphatic heterocycles. The molecule has 0 amide bonds. The summed E-state index contributed by atoms with van der Waals surface area (Å²) in [5.74, 6) is -3.11. The number of rotatable bonds is 12. The Bertz CT molecular complexity index is 528. The Balaban J connectivity index is 1.67. The normalized spacial score (nSPS) is 27.6. The summed E-state index contributed by atoms with van der Waals surface area (Å²) in [6.07, 6.45) is 1.58. The number of ether oxygens (including phenoxy) is 2. The Morgan fingerprint density at radius 3 is 2.15 bits per heavy atom. The third-order valence-corrected chi connectivity index (χ3v) is 6.09. The highest BCUT2D eigenvalue weighted by Gasteiger charge is 2.56. The second-order valence-electron chi connectivity index (χ2n) is 6.17. The quantitative estimate of drug-likeness (QED) is 0.302. The molecular formula is C16H27O9P.